The monoisotopic (exact) mass is 480 g/mol. The molecule has 1 aliphatic rings. The zero-order valence-electron chi connectivity index (χ0n) is 18.4. The molecule has 3 N–H and O–H groups in total. The van der Waals surface area contributed by atoms with E-state index in [1.807, 2.05) is 32.0 Å². The molecule has 33 heavy (non-hydrogen) atoms. The third-order valence-corrected chi connectivity index (χ3v) is 8.49. The Labute approximate surface area is 196 Å². The summed E-state index contributed by atoms with van der Waals surface area (Å²) in [4.78, 5) is 14.9. The van der Waals surface area contributed by atoms with Crippen molar-refractivity contribution >= 4 is 48.3 Å². The number of aromatic nitrogens is 3. The molecule has 0 unspecified atom stereocenters. The molecule has 0 atom stereocenters. The van der Waals surface area contributed by atoms with E-state index < -0.39 is 10.0 Å². The topological polar surface area (TPSA) is 114 Å². The maximum absolute atomic E-state index is 12.8. The van der Waals surface area contributed by atoms with E-state index in [0.717, 1.165) is 29.5 Å². The maximum atomic E-state index is 12.8. The van der Waals surface area contributed by atoms with Crippen LogP contribution in [0.25, 0.3) is 21.7 Å². The molecule has 170 valence electrons. The van der Waals surface area contributed by atoms with Gasteiger partial charge in [0.15, 0.2) is 21.6 Å². The standard InChI is InChI=1S/C23H24N6O2S2/c1-14-6-5-7-15(2)18(14)20-27-21(19-22(28-20)32-23(24)26-19)25-16-8-10-17(11-9-16)33(30,31)29-12-3-4-13-29/h5-11H,3-4,12-13H2,1-2H3,(H2,24,26)(H,25,27,28). The fraction of sp³-hybridized carbons (Fsp3) is 0.261. The maximum Gasteiger partial charge on any atom is 0.243 e. The largest absolute Gasteiger partial charge is 0.375 e. The van der Waals surface area contributed by atoms with Crippen molar-refractivity contribution in [3.05, 3.63) is 53.6 Å². The van der Waals surface area contributed by atoms with Crippen molar-refractivity contribution < 1.29 is 8.42 Å². The molecule has 0 bridgehead atoms. The second-order valence-corrected chi connectivity index (χ2v) is 11.1. The molecule has 0 spiro atoms. The number of fused-ring (bicyclic) bond motifs is 1. The van der Waals surface area contributed by atoms with Crippen LogP contribution >= 0.6 is 11.3 Å². The van der Waals surface area contributed by atoms with E-state index in [-0.39, 0.29) is 4.90 Å². The Hall–Kier alpha value is -3.08. The second kappa shape index (κ2) is 8.36. The Morgan fingerprint density at radius 3 is 2.30 bits per heavy atom. The van der Waals surface area contributed by atoms with Gasteiger partial charge in [-0.25, -0.2) is 23.4 Å². The van der Waals surface area contributed by atoms with Gasteiger partial charge in [-0.1, -0.05) is 29.5 Å². The number of anilines is 3. The van der Waals surface area contributed by atoms with Crippen molar-refractivity contribution in [1.29, 1.82) is 0 Å². The molecular weight excluding hydrogens is 456 g/mol. The van der Waals surface area contributed by atoms with Gasteiger partial charge in [0.2, 0.25) is 10.0 Å². The van der Waals surface area contributed by atoms with E-state index in [9.17, 15) is 8.42 Å². The smallest absolute Gasteiger partial charge is 0.243 e. The number of thiazole rings is 1. The summed E-state index contributed by atoms with van der Waals surface area (Å²) in [5, 5.41) is 3.70. The Kier molecular flexibility index (Phi) is 5.51. The second-order valence-electron chi connectivity index (χ2n) is 8.13. The first-order valence-corrected chi connectivity index (χ1v) is 13.0. The van der Waals surface area contributed by atoms with Gasteiger partial charge in [0.1, 0.15) is 5.52 Å². The Morgan fingerprint density at radius 1 is 0.970 bits per heavy atom. The fourth-order valence-electron chi connectivity index (χ4n) is 4.13. The highest BCUT2D eigenvalue weighted by atomic mass is 32.2. The predicted octanol–water partition coefficient (Wildman–Crippen LogP) is 4.48. The Bertz CT molecular complexity index is 1420. The van der Waals surface area contributed by atoms with E-state index in [1.54, 1.807) is 24.3 Å². The zero-order chi connectivity index (χ0) is 23.2. The molecule has 0 radical (unpaired) electrons. The van der Waals surface area contributed by atoms with Crippen molar-refractivity contribution in [3.8, 4) is 11.4 Å². The number of nitrogens with two attached hydrogens (primary N) is 1. The summed E-state index contributed by atoms with van der Waals surface area (Å²) in [7, 11) is -3.46. The van der Waals surface area contributed by atoms with Gasteiger partial charge in [-0.3, -0.25) is 0 Å². The highest BCUT2D eigenvalue weighted by Crippen LogP contribution is 2.33. The zero-order valence-corrected chi connectivity index (χ0v) is 20.0. The molecule has 2 aromatic heterocycles. The molecule has 10 heteroatoms. The Balaban J connectivity index is 1.52. The average molecular weight is 481 g/mol. The van der Waals surface area contributed by atoms with Crippen LogP contribution in [0.2, 0.25) is 0 Å². The van der Waals surface area contributed by atoms with E-state index in [4.69, 9.17) is 15.7 Å². The number of aryl methyl sites for hydroxylation is 2. The molecule has 4 aromatic rings. The lowest BCUT2D eigenvalue weighted by atomic mass is 10.0. The SMILES string of the molecule is Cc1cccc(C)c1-c1nc(Nc2ccc(S(=O)(=O)N3CCCC3)cc2)c2nc(N)sc2n1. The summed E-state index contributed by atoms with van der Waals surface area (Å²) in [5.74, 6) is 1.12. The summed E-state index contributed by atoms with van der Waals surface area (Å²) in [6.45, 7) is 5.22. The number of benzene rings is 2. The molecule has 1 saturated heterocycles. The lowest BCUT2D eigenvalue weighted by Gasteiger charge is -2.16. The van der Waals surface area contributed by atoms with Crippen LogP contribution in [0.3, 0.4) is 0 Å². The molecule has 2 aromatic carbocycles. The van der Waals surface area contributed by atoms with Crippen LogP contribution in [-0.4, -0.2) is 40.8 Å². The molecule has 3 heterocycles. The molecule has 5 rings (SSSR count). The van der Waals surface area contributed by atoms with Gasteiger partial charge in [-0.15, -0.1) is 0 Å². The fourth-order valence-corrected chi connectivity index (χ4v) is 6.35. The average Bonchev–Trinajstić information content (AvgIpc) is 3.44. The number of rotatable bonds is 5. The van der Waals surface area contributed by atoms with Crippen LogP contribution in [0.1, 0.15) is 24.0 Å². The summed E-state index contributed by atoms with van der Waals surface area (Å²) in [6, 6.07) is 12.8. The summed E-state index contributed by atoms with van der Waals surface area (Å²) >= 11 is 1.31. The normalized spacial score (nSPS) is 14.7. The minimum absolute atomic E-state index is 0.289. The highest BCUT2D eigenvalue weighted by Gasteiger charge is 2.27. The van der Waals surface area contributed by atoms with Crippen LogP contribution in [-0.2, 0) is 10.0 Å². The van der Waals surface area contributed by atoms with Gasteiger partial charge in [0.25, 0.3) is 0 Å². The number of sulfonamides is 1. The summed E-state index contributed by atoms with van der Waals surface area (Å²) in [5.41, 5.74) is 10.4. The number of hydrogen-bond acceptors (Lipinski definition) is 8. The lowest BCUT2D eigenvalue weighted by molar-refractivity contribution is 0.477. The first-order chi connectivity index (χ1) is 15.8. The van der Waals surface area contributed by atoms with Gasteiger partial charge in [-0.2, -0.15) is 4.31 Å². The van der Waals surface area contributed by atoms with Crippen LogP contribution < -0.4 is 11.1 Å². The van der Waals surface area contributed by atoms with Crippen LogP contribution in [0.15, 0.2) is 47.4 Å². The molecule has 0 amide bonds. The lowest BCUT2D eigenvalue weighted by Crippen LogP contribution is -2.27. The number of nitrogens with one attached hydrogen (secondary N) is 1. The number of nitrogen functional groups attached to an aromatic ring is 1. The minimum Gasteiger partial charge on any atom is -0.375 e. The summed E-state index contributed by atoms with van der Waals surface area (Å²) < 4.78 is 27.2. The van der Waals surface area contributed by atoms with Gasteiger partial charge in [0.05, 0.1) is 4.90 Å². The summed E-state index contributed by atoms with van der Waals surface area (Å²) in [6.07, 6.45) is 1.81. The minimum atomic E-state index is -3.46. The van der Waals surface area contributed by atoms with Gasteiger partial charge in [0, 0.05) is 24.3 Å². The van der Waals surface area contributed by atoms with Crippen molar-refractivity contribution in [3.63, 3.8) is 0 Å². The van der Waals surface area contributed by atoms with E-state index >= 15 is 0 Å². The van der Waals surface area contributed by atoms with Crippen molar-refractivity contribution in [2.75, 3.05) is 24.1 Å². The molecule has 1 aliphatic heterocycles. The van der Waals surface area contributed by atoms with Crippen molar-refractivity contribution in [2.45, 2.75) is 31.6 Å². The number of nitrogens with zero attached hydrogens (tertiary/aromatic N) is 4. The quantitative estimate of drug-likeness (QED) is 0.433. The predicted molar refractivity (Wildman–Crippen MR) is 132 cm³/mol. The third-order valence-electron chi connectivity index (χ3n) is 5.80. The molecule has 0 aliphatic carbocycles. The van der Waals surface area contributed by atoms with Crippen LogP contribution in [0.4, 0.5) is 16.6 Å². The van der Waals surface area contributed by atoms with Gasteiger partial charge in [-0.05, 0) is 62.1 Å². The third kappa shape index (κ3) is 4.05. The van der Waals surface area contributed by atoms with E-state index in [0.29, 0.717) is 45.9 Å². The van der Waals surface area contributed by atoms with Gasteiger partial charge < -0.3 is 11.1 Å². The number of hydrogen-bond donors (Lipinski definition) is 2. The van der Waals surface area contributed by atoms with Crippen molar-refractivity contribution in [1.82, 2.24) is 19.3 Å². The molecule has 1 fully saturated rings. The molecule has 8 nitrogen and oxygen atoms in total. The van der Waals surface area contributed by atoms with Crippen LogP contribution in [0.5, 0.6) is 0 Å². The van der Waals surface area contributed by atoms with Gasteiger partial charge >= 0.3 is 0 Å². The highest BCUT2D eigenvalue weighted by molar-refractivity contribution is 7.89. The van der Waals surface area contributed by atoms with E-state index in [2.05, 4.69) is 10.3 Å². The first kappa shape index (κ1) is 21.7. The Morgan fingerprint density at radius 2 is 1.64 bits per heavy atom. The molecule has 0 saturated carbocycles. The van der Waals surface area contributed by atoms with Crippen molar-refractivity contribution in [2.24, 2.45) is 0 Å². The van der Waals surface area contributed by atoms with E-state index in [1.165, 1.54) is 15.6 Å². The first-order valence-electron chi connectivity index (χ1n) is 10.7. The molecular formula is C23H24N6O2S2. The van der Waals surface area contributed by atoms with Crippen LogP contribution in [0, 0.1) is 13.8 Å².